The van der Waals surface area contributed by atoms with Crippen LogP contribution in [0.25, 0.3) is 0 Å². The third kappa shape index (κ3) is 3.62. The molecule has 0 aliphatic carbocycles. The number of rotatable bonds is 6. The Kier molecular flexibility index (Phi) is 6.19. The number of ether oxygens (including phenoxy) is 5. The van der Waals surface area contributed by atoms with Crippen molar-refractivity contribution in [2.45, 2.75) is 19.8 Å². The van der Waals surface area contributed by atoms with Gasteiger partial charge in [0.2, 0.25) is 5.88 Å². The maximum atomic E-state index is 12.6. The minimum absolute atomic E-state index is 0.0779. The van der Waals surface area contributed by atoms with E-state index in [0.29, 0.717) is 22.8 Å². The van der Waals surface area contributed by atoms with Crippen LogP contribution in [0, 0.1) is 11.3 Å². The molecule has 8 nitrogen and oxygen atoms in total. The molecule has 1 aliphatic heterocycles. The van der Waals surface area contributed by atoms with E-state index in [2.05, 4.69) is 0 Å². The SMILES string of the molecule is CCOC(=O)C1=C(C)OC(N)=C(C#N)C1c1cc(OC)c(OC)cc1OC. The van der Waals surface area contributed by atoms with Gasteiger partial charge in [-0.3, -0.25) is 0 Å². The van der Waals surface area contributed by atoms with Crippen molar-refractivity contribution in [3.05, 3.63) is 40.5 Å². The molecule has 0 fully saturated rings. The maximum absolute atomic E-state index is 12.6. The van der Waals surface area contributed by atoms with Crippen LogP contribution >= 0.6 is 0 Å². The number of nitrogens with zero attached hydrogens (tertiary/aromatic N) is 1. The number of hydrogen-bond donors (Lipinski definition) is 1. The highest BCUT2D eigenvalue weighted by molar-refractivity contribution is 5.93. The fourth-order valence-corrected chi connectivity index (χ4v) is 2.94. The number of benzene rings is 1. The highest BCUT2D eigenvalue weighted by Crippen LogP contribution is 2.46. The van der Waals surface area contributed by atoms with Crippen LogP contribution in [0.4, 0.5) is 0 Å². The number of esters is 1. The molecule has 1 aromatic rings. The van der Waals surface area contributed by atoms with Gasteiger partial charge >= 0.3 is 5.97 Å². The predicted octanol–water partition coefficient (Wildman–Crippen LogP) is 2.36. The van der Waals surface area contributed by atoms with Gasteiger partial charge in [0.25, 0.3) is 0 Å². The lowest BCUT2D eigenvalue weighted by Gasteiger charge is -2.28. The van der Waals surface area contributed by atoms with E-state index in [-0.39, 0.29) is 29.4 Å². The van der Waals surface area contributed by atoms with Gasteiger partial charge in [0.05, 0.1) is 39.4 Å². The zero-order valence-electron chi connectivity index (χ0n) is 15.9. The van der Waals surface area contributed by atoms with Crippen molar-refractivity contribution in [2.24, 2.45) is 5.73 Å². The van der Waals surface area contributed by atoms with Gasteiger partial charge in [-0.1, -0.05) is 0 Å². The minimum Gasteiger partial charge on any atom is -0.496 e. The van der Waals surface area contributed by atoms with E-state index < -0.39 is 11.9 Å². The molecule has 8 heteroatoms. The summed E-state index contributed by atoms with van der Waals surface area (Å²) < 4.78 is 26.7. The van der Waals surface area contributed by atoms with Crippen LogP contribution in [0.5, 0.6) is 17.2 Å². The first-order valence-corrected chi connectivity index (χ1v) is 8.18. The molecule has 1 unspecified atom stereocenters. The Morgan fingerprint density at radius 1 is 1.19 bits per heavy atom. The van der Waals surface area contributed by atoms with Crippen LogP contribution in [0.1, 0.15) is 25.3 Å². The van der Waals surface area contributed by atoms with Crippen molar-refractivity contribution in [2.75, 3.05) is 27.9 Å². The Balaban J connectivity index is 2.78. The second kappa shape index (κ2) is 8.36. The fraction of sp³-hybridized carbons (Fsp3) is 0.368. The standard InChI is InChI=1S/C19H22N2O6/c1-6-26-19(22)16-10(2)27-18(21)12(9-20)17(16)11-7-14(24-4)15(25-5)8-13(11)23-3/h7-8,17H,6,21H2,1-5H3. The molecule has 0 saturated carbocycles. The first kappa shape index (κ1) is 20.0. The topological polar surface area (TPSA) is 113 Å². The van der Waals surface area contributed by atoms with Gasteiger partial charge in [0.1, 0.15) is 23.2 Å². The molecule has 0 spiro atoms. The molecule has 0 aromatic heterocycles. The Morgan fingerprint density at radius 2 is 1.78 bits per heavy atom. The summed E-state index contributed by atoms with van der Waals surface area (Å²) in [6, 6.07) is 5.29. The smallest absolute Gasteiger partial charge is 0.338 e. The van der Waals surface area contributed by atoms with E-state index in [1.807, 2.05) is 6.07 Å². The second-order valence-corrected chi connectivity index (χ2v) is 5.56. The molecule has 0 radical (unpaired) electrons. The molecule has 1 atom stereocenters. The quantitative estimate of drug-likeness (QED) is 0.755. The molecule has 27 heavy (non-hydrogen) atoms. The summed E-state index contributed by atoms with van der Waals surface area (Å²) in [6.07, 6.45) is 0. The van der Waals surface area contributed by atoms with Crippen molar-refractivity contribution in [3.8, 4) is 23.3 Å². The van der Waals surface area contributed by atoms with Gasteiger partial charge in [-0.2, -0.15) is 5.26 Å². The molecule has 2 N–H and O–H groups in total. The summed E-state index contributed by atoms with van der Waals surface area (Å²) in [7, 11) is 4.46. The predicted molar refractivity (Wildman–Crippen MR) is 96.1 cm³/mol. The highest BCUT2D eigenvalue weighted by Gasteiger charge is 2.38. The molecule has 0 amide bonds. The number of carbonyl (C=O) groups excluding carboxylic acids is 1. The van der Waals surface area contributed by atoms with Gasteiger partial charge in [0, 0.05) is 11.6 Å². The van der Waals surface area contributed by atoms with Crippen molar-refractivity contribution < 1.29 is 28.5 Å². The third-order valence-electron chi connectivity index (χ3n) is 4.15. The number of methoxy groups -OCH3 is 3. The van der Waals surface area contributed by atoms with Crippen LogP contribution < -0.4 is 19.9 Å². The average Bonchev–Trinajstić information content (AvgIpc) is 2.66. The lowest BCUT2D eigenvalue weighted by Crippen LogP contribution is -2.26. The van der Waals surface area contributed by atoms with Crippen molar-refractivity contribution in [1.82, 2.24) is 0 Å². The van der Waals surface area contributed by atoms with Crippen molar-refractivity contribution in [3.63, 3.8) is 0 Å². The number of hydrogen-bond acceptors (Lipinski definition) is 8. The summed E-state index contributed by atoms with van der Waals surface area (Å²) in [5.41, 5.74) is 6.67. The van der Waals surface area contributed by atoms with Crippen LogP contribution in [-0.2, 0) is 14.3 Å². The molecule has 2 rings (SSSR count). The second-order valence-electron chi connectivity index (χ2n) is 5.56. The molecule has 0 bridgehead atoms. The largest absolute Gasteiger partial charge is 0.496 e. The summed E-state index contributed by atoms with van der Waals surface area (Å²) in [5, 5.41) is 9.66. The van der Waals surface area contributed by atoms with Gasteiger partial charge < -0.3 is 29.4 Å². The van der Waals surface area contributed by atoms with Crippen molar-refractivity contribution >= 4 is 5.97 Å². The normalized spacial score (nSPS) is 16.4. The number of nitrogens with two attached hydrogens (primary N) is 1. The first-order chi connectivity index (χ1) is 12.9. The molecule has 1 aromatic carbocycles. The van der Waals surface area contributed by atoms with Crippen LogP contribution in [0.15, 0.2) is 34.9 Å². The van der Waals surface area contributed by atoms with Crippen LogP contribution in [0.3, 0.4) is 0 Å². The Labute approximate surface area is 157 Å². The maximum Gasteiger partial charge on any atom is 0.338 e. The van der Waals surface area contributed by atoms with E-state index in [9.17, 15) is 10.1 Å². The zero-order valence-corrected chi connectivity index (χ0v) is 15.9. The van der Waals surface area contributed by atoms with Crippen LogP contribution in [0.2, 0.25) is 0 Å². The van der Waals surface area contributed by atoms with E-state index in [0.717, 1.165) is 0 Å². The molecular weight excluding hydrogens is 352 g/mol. The molecule has 1 heterocycles. The molecule has 144 valence electrons. The number of carbonyl (C=O) groups is 1. The van der Waals surface area contributed by atoms with E-state index in [1.165, 1.54) is 21.3 Å². The summed E-state index contributed by atoms with van der Waals surface area (Å²) in [4.78, 5) is 12.6. The number of nitriles is 1. The number of allylic oxidation sites excluding steroid dienone is 2. The Bertz CT molecular complexity index is 850. The zero-order chi connectivity index (χ0) is 20.1. The van der Waals surface area contributed by atoms with Crippen LogP contribution in [-0.4, -0.2) is 33.9 Å². The fourth-order valence-electron chi connectivity index (χ4n) is 2.94. The molecule has 0 saturated heterocycles. The van der Waals surface area contributed by atoms with E-state index in [1.54, 1.807) is 26.0 Å². The van der Waals surface area contributed by atoms with Gasteiger partial charge in [0.15, 0.2) is 11.5 Å². The Hall–Kier alpha value is -3.34. The summed E-state index contributed by atoms with van der Waals surface area (Å²) >= 11 is 0. The summed E-state index contributed by atoms with van der Waals surface area (Å²) in [6.45, 7) is 3.46. The lowest BCUT2D eigenvalue weighted by atomic mass is 9.82. The molecular formula is C19H22N2O6. The van der Waals surface area contributed by atoms with Gasteiger partial charge in [-0.15, -0.1) is 0 Å². The lowest BCUT2D eigenvalue weighted by molar-refractivity contribution is -0.139. The Morgan fingerprint density at radius 3 is 2.30 bits per heavy atom. The van der Waals surface area contributed by atoms with Gasteiger partial charge in [-0.05, 0) is 19.9 Å². The van der Waals surface area contributed by atoms with E-state index in [4.69, 9.17) is 29.4 Å². The van der Waals surface area contributed by atoms with Gasteiger partial charge in [-0.25, -0.2) is 4.79 Å². The van der Waals surface area contributed by atoms with E-state index >= 15 is 0 Å². The highest BCUT2D eigenvalue weighted by atomic mass is 16.5. The average molecular weight is 374 g/mol. The van der Waals surface area contributed by atoms with Crippen molar-refractivity contribution in [1.29, 1.82) is 5.26 Å². The molecule has 1 aliphatic rings. The first-order valence-electron chi connectivity index (χ1n) is 8.18. The minimum atomic E-state index is -0.836. The third-order valence-corrected chi connectivity index (χ3v) is 4.15. The monoisotopic (exact) mass is 374 g/mol. The summed E-state index contributed by atoms with van der Waals surface area (Å²) in [5.74, 6) is -0.00321.